The van der Waals surface area contributed by atoms with Gasteiger partial charge in [-0.05, 0) is 132 Å². The van der Waals surface area contributed by atoms with Crippen LogP contribution in [-0.4, -0.2) is 224 Å². The van der Waals surface area contributed by atoms with E-state index in [1.165, 1.54) is 79.8 Å². The highest BCUT2D eigenvalue weighted by Crippen LogP contribution is 2.24. The van der Waals surface area contributed by atoms with Crippen molar-refractivity contribution in [3.05, 3.63) is 197 Å². The fourth-order valence-corrected chi connectivity index (χ4v) is 15.1. The third-order valence-corrected chi connectivity index (χ3v) is 22.0. The Labute approximate surface area is 729 Å². The molecule has 12 atom stereocenters. The first-order valence-electron chi connectivity index (χ1n) is 41.7. The Morgan fingerprint density at radius 2 is 0.848 bits per heavy atom. The standard InChI is InChI=1S/C90H116N16O18S/c1-51(2)38-66-81(115)104-74(79(113)94-47-76(92)111)49-125-50-77(112)95-68(40-54-18-10-8-11-19-54)82(116)98-69(41-56-25-31-60(108)32-26-56)83(117)97-67(39-52(3)4)86(120)105-78(53(5)6)89(123)101-70(42-57-27-33-61(109)34-28-57)84(118)103-73(48-107)87(121)96-65(24-16-17-37-91)80(114)99-71(45-59-46-93-64-23-15-14-22-63(59)64)85(119)102-72(43-58-29-35-62(110)36-30-58)90(124)106(7)75(88(122)100-66)44-55-20-12-9-13-21-55/h8-15,18-23,25-36,46,51-53,65-75,78,93,107-110H,16-17,24,37-45,47-50,91H2,1-7H3,(H2,92,111)(H,94,113)(H,95,112)(H,96,121)(H,97,117)(H,98,116)(H,99,114)(H,100,122)(H,101,123)(H,102,119)(H,103,118)(H,104,115)(H,105,120)/t65-,66-,67-,68-,69-,70-,71-,72-,73-,74-,75-,78-/m0/s1. The smallest absolute Gasteiger partial charge is 0.245 e. The number of hydrogen-bond acceptors (Lipinski definition) is 20. The summed E-state index contributed by atoms with van der Waals surface area (Å²) in [6, 6.07) is 22.6. The Morgan fingerprint density at radius 1 is 0.448 bits per heavy atom. The molecule has 670 valence electrons. The van der Waals surface area contributed by atoms with Gasteiger partial charge in [-0.1, -0.05) is 157 Å². The zero-order valence-corrected chi connectivity index (χ0v) is 71.9. The number of aromatic nitrogens is 1. The van der Waals surface area contributed by atoms with E-state index in [0.29, 0.717) is 50.7 Å². The Hall–Kier alpha value is -12.9. The summed E-state index contributed by atoms with van der Waals surface area (Å²) in [4.78, 5) is 212. The number of benzene rings is 6. The molecule has 1 saturated heterocycles. The van der Waals surface area contributed by atoms with E-state index in [2.05, 4.69) is 68.8 Å². The molecule has 6 aromatic carbocycles. The van der Waals surface area contributed by atoms with Gasteiger partial charge in [0, 0.05) is 68.4 Å². The first-order chi connectivity index (χ1) is 59.6. The number of carbonyl (C=O) groups excluding carboxylic acids is 14. The molecule has 1 aliphatic heterocycles. The summed E-state index contributed by atoms with van der Waals surface area (Å²) >= 11 is 0.827. The van der Waals surface area contributed by atoms with Gasteiger partial charge >= 0.3 is 0 Å². The maximum Gasteiger partial charge on any atom is 0.245 e. The highest BCUT2D eigenvalue weighted by molar-refractivity contribution is 8.00. The molecule has 7 aromatic rings. The van der Waals surface area contributed by atoms with Crippen molar-refractivity contribution in [1.29, 1.82) is 0 Å². The summed E-state index contributed by atoms with van der Waals surface area (Å²) in [5.41, 5.74) is 14.9. The molecule has 1 fully saturated rings. The third kappa shape index (κ3) is 30.8. The number of nitrogens with one attached hydrogen (secondary N) is 13. The van der Waals surface area contributed by atoms with E-state index in [9.17, 15) is 58.8 Å². The number of phenols is 3. The molecular formula is C90H116N16O18S. The third-order valence-electron chi connectivity index (χ3n) is 21.0. The lowest BCUT2D eigenvalue weighted by molar-refractivity contribution is -0.143. The van der Waals surface area contributed by atoms with Gasteiger partial charge in [0.05, 0.1) is 18.9 Å². The highest BCUT2D eigenvalue weighted by atomic mass is 32.2. The molecule has 0 bridgehead atoms. The predicted molar refractivity (Wildman–Crippen MR) is 469 cm³/mol. The number of carbonyl (C=O) groups is 14. The summed E-state index contributed by atoms with van der Waals surface area (Å²) in [7, 11) is 1.32. The minimum absolute atomic E-state index is 0.0490. The number of phenolic OH excluding ortho intramolecular Hbond substituents is 3. The molecule has 0 aliphatic carbocycles. The van der Waals surface area contributed by atoms with Gasteiger partial charge in [0.25, 0.3) is 0 Å². The number of hydrogen-bond donors (Lipinski definition) is 19. The fourth-order valence-electron chi connectivity index (χ4n) is 14.2. The van der Waals surface area contributed by atoms with Crippen LogP contribution in [0.15, 0.2) is 164 Å². The van der Waals surface area contributed by atoms with Crippen LogP contribution in [0.25, 0.3) is 10.9 Å². The molecule has 0 spiro atoms. The quantitative estimate of drug-likeness (QED) is 0.0360. The number of aliphatic hydroxyl groups is 1. The molecule has 1 aliphatic rings. The van der Waals surface area contributed by atoms with Gasteiger partial charge in [-0.2, -0.15) is 0 Å². The number of likely N-dealkylation sites (N-methyl/N-ethyl adjacent to an activating group) is 1. The number of nitrogens with zero attached hydrogens (tertiary/aromatic N) is 1. The van der Waals surface area contributed by atoms with Gasteiger partial charge < -0.3 is 106 Å². The predicted octanol–water partition coefficient (Wildman–Crippen LogP) is 1.42. The molecule has 1 aromatic heterocycles. The zero-order chi connectivity index (χ0) is 91.0. The van der Waals surface area contributed by atoms with Crippen LogP contribution in [0.3, 0.4) is 0 Å². The van der Waals surface area contributed by atoms with Crippen LogP contribution in [0.5, 0.6) is 17.2 Å². The second-order valence-electron chi connectivity index (χ2n) is 32.3. The van der Waals surface area contributed by atoms with Crippen LogP contribution in [-0.2, 0) is 106 Å². The fraction of sp³-hybridized carbons (Fsp3) is 0.422. The molecule has 0 saturated carbocycles. The number of H-pyrrole nitrogens is 1. The largest absolute Gasteiger partial charge is 0.508 e. The van der Waals surface area contributed by atoms with Gasteiger partial charge in [0.1, 0.15) is 89.8 Å². The summed E-state index contributed by atoms with van der Waals surface area (Å²) in [6.07, 6.45) is 0.398. The topological polar surface area (TPSA) is 535 Å². The Morgan fingerprint density at radius 3 is 1.34 bits per heavy atom. The second-order valence-corrected chi connectivity index (χ2v) is 33.4. The molecule has 8 rings (SSSR count). The van der Waals surface area contributed by atoms with Crippen molar-refractivity contribution in [1.82, 2.24) is 73.7 Å². The molecule has 2 heterocycles. The van der Waals surface area contributed by atoms with Gasteiger partial charge in [-0.3, -0.25) is 67.1 Å². The van der Waals surface area contributed by atoms with Gasteiger partial charge in [0.15, 0.2) is 0 Å². The maximum atomic E-state index is 15.8. The molecule has 14 amide bonds. The zero-order valence-electron chi connectivity index (χ0n) is 71.1. The maximum absolute atomic E-state index is 15.8. The summed E-state index contributed by atoms with van der Waals surface area (Å²) in [5.74, 6) is -15.7. The van der Waals surface area contributed by atoms with Crippen LogP contribution in [0.2, 0.25) is 0 Å². The number of amides is 14. The summed E-state index contributed by atoms with van der Waals surface area (Å²) in [6.45, 7) is 8.62. The number of aromatic amines is 1. The minimum atomic E-state index is -1.86. The lowest BCUT2D eigenvalue weighted by atomic mass is 9.98. The van der Waals surface area contributed by atoms with Crippen LogP contribution in [0, 0.1) is 17.8 Å². The Bertz CT molecular complexity index is 4830. The molecular weight excluding hydrogens is 1630 g/mol. The number of para-hydroxylation sites is 1. The van der Waals surface area contributed by atoms with Gasteiger partial charge in [-0.25, -0.2) is 0 Å². The van der Waals surface area contributed by atoms with Crippen LogP contribution >= 0.6 is 11.8 Å². The molecule has 34 nitrogen and oxygen atoms in total. The van der Waals surface area contributed by atoms with Crippen molar-refractivity contribution in [2.45, 2.75) is 185 Å². The number of nitrogens with two attached hydrogens (primary N) is 2. The number of fused-ring (bicyclic) bond motifs is 1. The molecule has 125 heavy (non-hydrogen) atoms. The highest BCUT2D eigenvalue weighted by Gasteiger charge is 2.41. The van der Waals surface area contributed by atoms with Gasteiger partial charge in [0.2, 0.25) is 82.7 Å². The minimum Gasteiger partial charge on any atom is -0.508 e. The van der Waals surface area contributed by atoms with E-state index in [1.807, 2.05) is 0 Å². The normalized spacial score (nSPS) is 22.3. The Kier molecular flexibility index (Phi) is 37.6. The van der Waals surface area contributed by atoms with Crippen molar-refractivity contribution in [3.8, 4) is 17.2 Å². The first kappa shape index (κ1) is 97.6. The van der Waals surface area contributed by atoms with Crippen LogP contribution in [0.1, 0.15) is 107 Å². The van der Waals surface area contributed by atoms with Crippen LogP contribution in [0.4, 0.5) is 0 Å². The van der Waals surface area contributed by atoms with E-state index in [-0.39, 0.29) is 106 Å². The van der Waals surface area contributed by atoms with E-state index in [4.69, 9.17) is 11.5 Å². The lowest BCUT2D eigenvalue weighted by Gasteiger charge is -2.33. The number of rotatable bonds is 25. The molecule has 0 unspecified atom stereocenters. The van der Waals surface area contributed by atoms with Crippen molar-refractivity contribution in [2.75, 3.05) is 38.2 Å². The average Bonchev–Trinajstić information content (AvgIpc) is 1.80. The molecule has 0 radical (unpaired) electrons. The second kappa shape index (κ2) is 48.2. The first-order valence-corrected chi connectivity index (χ1v) is 42.8. The summed E-state index contributed by atoms with van der Waals surface area (Å²) < 4.78 is 0. The van der Waals surface area contributed by atoms with E-state index < -0.39 is 180 Å². The van der Waals surface area contributed by atoms with E-state index >= 15 is 28.8 Å². The lowest BCUT2D eigenvalue weighted by Crippen LogP contribution is -2.62. The van der Waals surface area contributed by atoms with Gasteiger partial charge in [-0.15, -0.1) is 11.8 Å². The molecule has 35 heteroatoms. The molecule has 21 N–H and O–H groups in total. The summed E-state index contributed by atoms with van der Waals surface area (Å²) in [5, 5.41) is 75.1. The van der Waals surface area contributed by atoms with Crippen LogP contribution < -0.4 is 75.3 Å². The van der Waals surface area contributed by atoms with E-state index in [1.54, 1.807) is 133 Å². The SMILES string of the molecule is CC(C)C[C@@H]1NC(=O)[C@H](Cc2ccc(O)cc2)NC(=O)[C@H](Cc2ccccc2)NC(=O)CSC[C@@H](C(=O)NCC(N)=O)NC(=O)[C@H](CC(C)C)NC(=O)[C@H](Cc2ccccc2)N(C)C(=O)[C@H](Cc2ccc(O)cc2)NC(=O)[C@H](Cc2c[nH]c3ccccc23)NC(=O)[C@H](CCCCN)NC(=O)[C@H](CO)NC(=O)[C@H](Cc2ccc(O)cc2)NC(=O)[C@H](C(C)C)NC1=O. The van der Waals surface area contributed by atoms with Crippen molar-refractivity contribution < 1.29 is 87.5 Å². The van der Waals surface area contributed by atoms with Crippen molar-refractivity contribution in [2.24, 2.45) is 29.2 Å². The number of aliphatic hydroxyl groups excluding tert-OH is 1. The monoisotopic (exact) mass is 1740 g/mol. The number of primary amides is 1. The van der Waals surface area contributed by atoms with Crippen molar-refractivity contribution in [3.63, 3.8) is 0 Å². The number of unbranched alkanes of at least 4 members (excludes halogenated alkanes) is 1. The average molecular weight is 1740 g/mol. The number of thioether (sulfide) groups is 1. The van der Waals surface area contributed by atoms with E-state index in [0.717, 1.165) is 16.7 Å². The Balaban J connectivity index is 1.23. The number of aromatic hydroxyl groups is 3. The van der Waals surface area contributed by atoms with Crippen molar-refractivity contribution >= 4 is 105 Å².